The van der Waals surface area contributed by atoms with Crippen molar-refractivity contribution >= 4 is 31.9 Å². The molecular formula is C13H10Br2NOY-. The largest absolute Gasteiger partial charge is 0.344 e. The molecule has 0 spiro atoms. The van der Waals surface area contributed by atoms with Gasteiger partial charge in [0.05, 0.1) is 0 Å². The second-order valence-electron chi connectivity index (χ2n) is 3.81. The van der Waals surface area contributed by atoms with E-state index >= 15 is 0 Å². The number of benzene rings is 1. The van der Waals surface area contributed by atoms with Crippen LogP contribution in [0, 0.1) is 13.0 Å². The summed E-state index contributed by atoms with van der Waals surface area (Å²) in [5.41, 5.74) is 2.86. The molecule has 2 aromatic rings. The van der Waals surface area contributed by atoms with E-state index in [1.165, 1.54) is 0 Å². The Kier molecular flexibility index (Phi) is 5.97. The number of hydrogen-bond donors (Lipinski definition) is 0. The molecule has 18 heavy (non-hydrogen) atoms. The molecule has 5 heteroatoms. The maximum atomic E-state index is 11.8. The van der Waals surface area contributed by atoms with Crippen LogP contribution in [0.1, 0.15) is 5.56 Å². The van der Waals surface area contributed by atoms with Crippen LogP contribution in [0.15, 0.2) is 38.0 Å². The standard InChI is InChI=1S/C13H10Br2NO.Y/c1-8-7-9(14)3-4-10(8)12-6-5-11(15)13(17)16(12)2;/h3-5,7H,1-2H3;/q-1;. The van der Waals surface area contributed by atoms with Gasteiger partial charge in [0.15, 0.2) is 0 Å². The van der Waals surface area contributed by atoms with Gasteiger partial charge in [-0.25, -0.2) is 0 Å². The van der Waals surface area contributed by atoms with Gasteiger partial charge in [-0.05, 0) is 4.47 Å². The number of halogens is 2. The third kappa shape index (κ3) is 3.21. The molecule has 1 aromatic heterocycles. The second kappa shape index (κ2) is 6.60. The summed E-state index contributed by atoms with van der Waals surface area (Å²) >= 11 is 6.64. The van der Waals surface area contributed by atoms with Crippen molar-refractivity contribution in [3.05, 3.63) is 55.2 Å². The molecule has 0 bridgehead atoms. The number of pyridine rings is 1. The summed E-state index contributed by atoms with van der Waals surface area (Å²) in [5.74, 6) is 0. The molecule has 0 saturated heterocycles. The van der Waals surface area contributed by atoms with Crippen LogP contribution in [-0.4, -0.2) is 4.57 Å². The Bertz CT molecular complexity index is 637. The molecule has 2 rings (SSSR count). The molecule has 0 atom stereocenters. The monoisotopic (exact) mass is 443 g/mol. The van der Waals surface area contributed by atoms with Crippen LogP contribution in [0.2, 0.25) is 0 Å². The Balaban J connectivity index is 0.00000162. The molecule has 0 unspecified atom stereocenters. The van der Waals surface area contributed by atoms with E-state index in [0.717, 1.165) is 21.3 Å². The van der Waals surface area contributed by atoms with Gasteiger partial charge in [0, 0.05) is 44.2 Å². The predicted octanol–water partition coefficient (Wildman–Crippen LogP) is 3.68. The maximum absolute atomic E-state index is 11.8. The first-order valence-electron chi connectivity index (χ1n) is 5.04. The fraction of sp³-hybridized carbons (Fsp3) is 0.154. The molecule has 1 heterocycles. The van der Waals surface area contributed by atoms with Gasteiger partial charge in [0.25, 0.3) is 0 Å². The molecule has 0 amide bonds. The minimum absolute atomic E-state index is 0. The summed E-state index contributed by atoms with van der Waals surface area (Å²) in [7, 11) is 1.75. The van der Waals surface area contributed by atoms with E-state index < -0.39 is 0 Å². The molecule has 0 aliphatic heterocycles. The van der Waals surface area contributed by atoms with Crippen molar-refractivity contribution in [1.82, 2.24) is 4.57 Å². The quantitative estimate of drug-likeness (QED) is 0.615. The zero-order valence-electron chi connectivity index (χ0n) is 10.00. The van der Waals surface area contributed by atoms with Crippen LogP contribution in [0.5, 0.6) is 0 Å². The summed E-state index contributed by atoms with van der Waals surface area (Å²) in [6, 6.07) is 10.8. The van der Waals surface area contributed by atoms with Crippen molar-refractivity contribution in [3.8, 4) is 11.3 Å². The molecule has 91 valence electrons. The second-order valence-corrected chi connectivity index (χ2v) is 5.58. The Labute approximate surface area is 148 Å². The van der Waals surface area contributed by atoms with Crippen molar-refractivity contribution < 1.29 is 32.7 Å². The molecule has 0 aliphatic rings. The van der Waals surface area contributed by atoms with Gasteiger partial charge in [-0.2, -0.15) is 12.1 Å². The molecular weight excluding hydrogens is 435 g/mol. The van der Waals surface area contributed by atoms with Crippen molar-refractivity contribution in [2.24, 2.45) is 7.05 Å². The average Bonchev–Trinajstić information content (AvgIpc) is 2.28. The van der Waals surface area contributed by atoms with Crippen molar-refractivity contribution in [2.45, 2.75) is 6.92 Å². The summed E-state index contributed by atoms with van der Waals surface area (Å²) in [4.78, 5) is 11.8. The van der Waals surface area contributed by atoms with Crippen LogP contribution in [0.3, 0.4) is 0 Å². The molecule has 0 fully saturated rings. The Hall–Kier alpha value is 0.234. The first kappa shape index (κ1) is 16.3. The van der Waals surface area contributed by atoms with E-state index in [4.69, 9.17) is 0 Å². The summed E-state index contributed by atoms with van der Waals surface area (Å²) in [6.45, 7) is 2.01. The predicted molar refractivity (Wildman–Crippen MR) is 76.1 cm³/mol. The van der Waals surface area contributed by atoms with E-state index in [-0.39, 0.29) is 38.3 Å². The van der Waals surface area contributed by atoms with Gasteiger partial charge in [0.1, 0.15) is 0 Å². The SMILES string of the molecule is Cc1cc(Br)ccc1-c1[c-]cc(Br)c(=O)n1C.[Y]. The van der Waals surface area contributed by atoms with E-state index in [9.17, 15) is 4.79 Å². The first-order valence-corrected chi connectivity index (χ1v) is 6.63. The molecule has 2 nitrogen and oxygen atoms in total. The van der Waals surface area contributed by atoms with Crippen molar-refractivity contribution in [1.29, 1.82) is 0 Å². The smallest absolute Gasteiger partial charge is 0.208 e. The fourth-order valence-electron chi connectivity index (χ4n) is 1.70. The molecule has 0 saturated carbocycles. The molecule has 1 radical (unpaired) electrons. The topological polar surface area (TPSA) is 22.0 Å². The van der Waals surface area contributed by atoms with Gasteiger partial charge in [-0.15, -0.1) is 22.0 Å². The first-order chi connectivity index (χ1) is 8.00. The van der Waals surface area contributed by atoms with Crippen LogP contribution in [0.4, 0.5) is 0 Å². The molecule has 0 aliphatic carbocycles. The van der Waals surface area contributed by atoms with Crippen LogP contribution in [-0.2, 0) is 39.8 Å². The number of aryl methyl sites for hydroxylation is 1. The van der Waals surface area contributed by atoms with Gasteiger partial charge < -0.3 is 4.57 Å². The third-order valence-electron chi connectivity index (χ3n) is 2.62. The zero-order chi connectivity index (χ0) is 12.6. The van der Waals surface area contributed by atoms with Gasteiger partial charge in [-0.3, -0.25) is 4.79 Å². The zero-order valence-corrected chi connectivity index (χ0v) is 16.0. The van der Waals surface area contributed by atoms with E-state index in [1.54, 1.807) is 17.7 Å². The molecule has 0 N–H and O–H groups in total. The third-order valence-corrected chi connectivity index (χ3v) is 3.68. The fourth-order valence-corrected chi connectivity index (χ4v) is 2.56. The Morgan fingerprint density at radius 3 is 2.56 bits per heavy atom. The van der Waals surface area contributed by atoms with E-state index in [1.807, 2.05) is 25.1 Å². The summed E-state index contributed by atoms with van der Waals surface area (Å²) < 4.78 is 3.15. The van der Waals surface area contributed by atoms with Crippen molar-refractivity contribution in [2.75, 3.05) is 0 Å². The minimum atomic E-state index is -0.0546. The minimum Gasteiger partial charge on any atom is -0.344 e. The van der Waals surface area contributed by atoms with Gasteiger partial charge in [0.2, 0.25) is 5.56 Å². The van der Waals surface area contributed by atoms with Crippen LogP contribution < -0.4 is 5.56 Å². The average molecular weight is 445 g/mol. The van der Waals surface area contributed by atoms with Crippen LogP contribution in [0.25, 0.3) is 11.3 Å². The van der Waals surface area contributed by atoms with Gasteiger partial charge >= 0.3 is 0 Å². The summed E-state index contributed by atoms with van der Waals surface area (Å²) in [5, 5.41) is 0. The Morgan fingerprint density at radius 2 is 1.94 bits per heavy atom. The Morgan fingerprint density at radius 1 is 1.28 bits per heavy atom. The van der Waals surface area contributed by atoms with E-state index in [2.05, 4.69) is 37.9 Å². The molecule has 1 aromatic carbocycles. The van der Waals surface area contributed by atoms with Crippen molar-refractivity contribution in [3.63, 3.8) is 0 Å². The number of aromatic nitrogens is 1. The number of hydrogen-bond acceptors (Lipinski definition) is 1. The summed E-state index contributed by atoms with van der Waals surface area (Å²) in [6.07, 6.45) is 0. The maximum Gasteiger partial charge on any atom is 0.208 e. The van der Waals surface area contributed by atoms with E-state index in [0.29, 0.717) is 4.47 Å². The van der Waals surface area contributed by atoms with Gasteiger partial charge in [-0.1, -0.05) is 51.8 Å². The van der Waals surface area contributed by atoms with Crippen LogP contribution >= 0.6 is 31.9 Å². The normalized spacial score (nSPS) is 10.0. The number of nitrogens with zero attached hydrogens (tertiary/aromatic N) is 1. The number of rotatable bonds is 1.